The smallest absolute Gasteiger partial charge is 0.326 e. The number of hydrogen-bond donors (Lipinski definition) is 5. The van der Waals surface area contributed by atoms with Crippen LogP contribution in [0.5, 0.6) is 0 Å². The van der Waals surface area contributed by atoms with Crippen LogP contribution >= 0.6 is 0 Å². The molecule has 0 aromatic heterocycles. The molecule has 0 bridgehead atoms. The normalized spacial score (nSPS) is 14.9. The molecule has 1 aromatic carbocycles. The molecule has 0 heterocycles. The molecule has 1 aromatic rings. The monoisotopic (exact) mass is 448 g/mol. The van der Waals surface area contributed by atoms with Crippen LogP contribution in [0.2, 0.25) is 0 Å². The SMILES string of the molecule is CC(C)CC(NC(=O)C(C)NC(=O)C(Cc1ccccc1)NC(=O)C(N)C(C)C)C(=O)O. The highest BCUT2D eigenvalue weighted by atomic mass is 16.4. The van der Waals surface area contributed by atoms with E-state index in [1.165, 1.54) is 6.92 Å². The number of nitrogens with one attached hydrogen (secondary N) is 3. The van der Waals surface area contributed by atoms with E-state index in [-0.39, 0.29) is 24.7 Å². The highest BCUT2D eigenvalue weighted by Crippen LogP contribution is 2.07. The summed E-state index contributed by atoms with van der Waals surface area (Å²) < 4.78 is 0. The van der Waals surface area contributed by atoms with Crippen molar-refractivity contribution in [3.05, 3.63) is 35.9 Å². The molecule has 3 amide bonds. The van der Waals surface area contributed by atoms with Gasteiger partial charge in [-0.05, 0) is 30.7 Å². The first-order valence-electron chi connectivity index (χ1n) is 10.9. The molecular formula is C23H36N4O5. The summed E-state index contributed by atoms with van der Waals surface area (Å²) in [5, 5.41) is 17.0. The van der Waals surface area contributed by atoms with E-state index in [1.807, 2.05) is 44.2 Å². The van der Waals surface area contributed by atoms with Gasteiger partial charge in [0.15, 0.2) is 0 Å². The second-order valence-electron chi connectivity index (χ2n) is 8.78. The van der Waals surface area contributed by atoms with Crippen molar-refractivity contribution in [3.63, 3.8) is 0 Å². The number of carboxylic acids is 1. The Balaban J connectivity index is 2.89. The molecule has 32 heavy (non-hydrogen) atoms. The average Bonchev–Trinajstić information content (AvgIpc) is 2.72. The molecule has 6 N–H and O–H groups in total. The summed E-state index contributed by atoms with van der Waals surface area (Å²) in [6.45, 7) is 8.78. The quantitative estimate of drug-likeness (QED) is 0.319. The van der Waals surface area contributed by atoms with Crippen LogP contribution in [-0.4, -0.2) is 53.0 Å². The predicted octanol–water partition coefficient (Wildman–Crippen LogP) is 0.817. The molecule has 0 fully saturated rings. The third kappa shape index (κ3) is 9.05. The summed E-state index contributed by atoms with van der Waals surface area (Å²) in [5.74, 6) is -2.82. The van der Waals surface area contributed by atoms with Gasteiger partial charge in [0, 0.05) is 6.42 Å². The number of amides is 3. The number of carbonyl (C=O) groups excluding carboxylic acids is 3. The van der Waals surface area contributed by atoms with Gasteiger partial charge < -0.3 is 26.8 Å². The Kier molecular flexibility index (Phi) is 10.8. The van der Waals surface area contributed by atoms with Crippen molar-refractivity contribution >= 4 is 23.7 Å². The van der Waals surface area contributed by atoms with Crippen molar-refractivity contribution in [1.29, 1.82) is 0 Å². The summed E-state index contributed by atoms with van der Waals surface area (Å²) in [4.78, 5) is 49.3. The molecule has 1 rings (SSSR count). The lowest BCUT2D eigenvalue weighted by molar-refractivity contribution is -0.142. The minimum absolute atomic E-state index is 0.0666. The third-order valence-electron chi connectivity index (χ3n) is 5.01. The van der Waals surface area contributed by atoms with Crippen molar-refractivity contribution < 1.29 is 24.3 Å². The lowest BCUT2D eigenvalue weighted by atomic mass is 10.0. The van der Waals surface area contributed by atoms with Gasteiger partial charge in [-0.1, -0.05) is 58.0 Å². The lowest BCUT2D eigenvalue weighted by Gasteiger charge is -2.24. The zero-order chi connectivity index (χ0) is 24.4. The summed E-state index contributed by atoms with van der Waals surface area (Å²) >= 11 is 0. The number of rotatable bonds is 12. The van der Waals surface area contributed by atoms with Crippen LogP contribution in [0, 0.1) is 11.8 Å². The molecule has 0 aliphatic carbocycles. The van der Waals surface area contributed by atoms with Crippen molar-refractivity contribution in [2.45, 2.75) is 71.6 Å². The Labute approximate surface area is 189 Å². The molecule has 178 valence electrons. The van der Waals surface area contributed by atoms with E-state index in [1.54, 1.807) is 13.8 Å². The fourth-order valence-electron chi connectivity index (χ4n) is 3.00. The number of hydrogen-bond acceptors (Lipinski definition) is 5. The summed E-state index contributed by atoms with van der Waals surface area (Å²) in [6, 6.07) is 5.36. The number of nitrogens with two attached hydrogens (primary N) is 1. The maximum absolute atomic E-state index is 12.9. The van der Waals surface area contributed by atoms with Gasteiger partial charge in [-0.2, -0.15) is 0 Å². The third-order valence-corrected chi connectivity index (χ3v) is 5.01. The van der Waals surface area contributed by atoms with E-state index in [0.717, 1.165) is 5.56 Å². The first-order chi connectivity index (χ1) is 14.9. The minimum atomic E-state index is -1.14. The van der Waals surface area contributed by atoms with Gasteiger partial charge >= 0.3 is 5.97 Å². The molecule has 0 radical (unpaired) electrons. The number of carboxylic acid groups (broad SMARTS) is 1. The number of aliphatic carboxylic acids is 1. The fraction of sp³-hybridized carbons (Fsp3) is 0.565. The Morgan fingerprint density at radius 1 is 0.844 bits per heavy atom. The van der Waals surface area contributed by atoms with Gasteiger partial charge in [-0.25, -0.2) is 4.79 Å². The second-order valence-corrected chi connectivity index (χ2v) is 8.78. The Hall–Kier alpha value is -2.94. The van der Waals surface area contributed by atoms with Crippen LogP contribution in [-0.2, 0) is 25.6 Å². The minimum Gasteiger partial charge on any atom is -0.480 e. The highest BCUT2D eigenvalue weighted by molar-refractivity contribution is 5.94. The van der Waals surface area contributed by atoms with Crippen LogP contribution in [0.3, 0.4) is 0 Å². The van der Waals surface area contributed by atoms with E-state index < -0.39 is 47.9 Å². The summed E-state index contributed by atoms with van der Waals surface area (Å²) in [5.41, 5.74) is 6.74. The molecular weight excluding hydrogens is 412 g/mol. The number of carbonyl (C=O) groups is 4. The van der Waals surface area contributed by atoms with Crippen molar-refractivity contribution in [2.24, 2.45) is 17.6 Å². The van der Waals surface area contributed by atoms with Crippen LogP contribution in [0.1, 0.15) is 46.6 Å². The van der Waals surface area contributed by atoms with Crippen molar-refractivity contribution in [1.82, 2.24) is 16.0 Å². The van der Waals surface area contributed by atoms with Gasteiger partial charge in [0.25, 0.3) is 0 Å². The maximum atomic E-state index is 12.9. The molecule has 4 unspecified atom stereocenters. The standard InChI is InChI=1S/C23H36N4O5/c1-13(2)11-18(23(31)32)27-20(28)15(5)25-21(29)17(12-16-9-7-6-8-10-16)26-22(30)19(24)14(3)4/h6-10,13-15,17-19H,11-12,24H2,1-5H3,(H,25,29)(H,26,30)(H,27,28)(H,31,32). The van der Waals surface area contributed by atoms with Gasteiger partial charge in [0.2, 0.25) is 17.7 Å². The largest absolute Gasteiger partial charge is 0.480 e. The van der Waals surface area contributed by atoms with Gasteiger partial charge in [-0.15, -0.1) is 0 Å². The Morgan fingerprint density at radius 3 is 1.91 bits per heavy atom. The van der Waals surface area contributed by atoms with Crippen molar-refractivity contribution in [3.8, 4) is 0 Å². The molecule has 9 heteroatoms. The van der Waals surface area contributed by atoms with E-state index >= 15 is 0 Å². The summed E-state index contributed by atoms with van der Waals surface area (Å²) in [7, 11) is 0. The lowest BCUT2D eigenvalue weighted by Crippen LogP contribution is -2.57. The van der Waals surface area contributed by atoms with Crippen LogP contribution in [0.25, 0.3) is 0 Å². The zero-order valence-corrected chi connectivity index (χ0v) is 19.4. The van der Waals surface area contributed by atoms with E-state index in [0.29, 0.717) is 0 Å². The van der Waals surface area contributed by atoms with Gasteiger partial charge in [-0.3, -0.25) is 14.4 Å². The first kappa shape index (κ1) is 27.1. The zero-order valence-electron chi connectivity index (χ0n) is 19.4. The maximum Gasteiger partial charge on any atom is 0.326 e. The van der Waals surface area contributed by atoms with Crippen LogP contribution in [0.15, 0.2) is 30.3 Å². The molecule has 4 atom stereocenters. The first-order valence-corrected chi connectivity index (χ1v) is 10.9. The average molecular weight is 449 g/mol. The summed E-state index contributed by atoms with van der Waals surface area (Å²) in [6.07, 6.45) is 0.476. The Bertz CT molecular complexity index is 782. The van der Waals surface area contributed by atoms with Gasteiger partial charge in [0.05, 0.1) is 6.04 Å². The molecule has 9 nitrogen and oxygen atoms in total. The van der Waals surface area contributed by atoms with E-state index in [9.17, 15) is 24.3 Å². The molecule has 0 aliphatic heterocycles. The van der Waals surface area contributed by atoms with Gasteiger partial charge in [0.1, 0.15) is 18.1 Å². The van der Waals surface area contributed by atoms with E-state index in [2.05, 4.69) is 16.0 Å². The highest BCUT2D eigenvalue weighted by Gasteiger charge is 2.29. The van der Waals surface area contributed by atoms with Crippen molar-refractivity contribution in [2.75, 3.05) is 0 Å². The molecule has 0 aliphatic rings. The van der Waals surface area contributed by atoms with Crippen LogP contribution < -0.4 is 21.7 Å². The van der Waals surface area contributed by atoms with E-state index in [4.69, 9.17) is 5.73 Å². The topological polar surface area (TPSA) is 151 Å². The molecule has 0 saturated heterocycles. The Morgan fingerprint density at radius 2 is 1.41 bits per heavy atom. The predicted molar refractivity (Wildman–Crippen MR) is 122 cm³/mol. The molecule has 0 spiro atoms. The fourth-order valence-corrected chi connectivity index (χ4v) is 3.00. The van der Waals surface area contributed by atoms with Crippen LogP contribution in [0.4, 0.5) is 0 Å². The second kappa shape index (κ2) is 12.8. The molecule has 0 saturated carbocycles. The number of benzene rings is 1.